The van der Waals surface area contributed by atoms with Crippen LogP contribution in [0.5, 0.6) is 0 Å². The van der Waals surface area contributed by atoms with E-state index in [4.69, 9.17) is 5.26 Å². The summed E-state index contributed by atoms with van der Waals surface area (Å²) in [7, 11) is -3.49. The molecule has 118 valence electrons. The molecule has 0 radical (unpaired) electrons. The molecule has 1 aliphatic carbocycles. The lowest BCUT2D eigenvalue weighted by Crippen LogP contribution is -2.40. The van der Waals surface area contributed by atoms with E-state index < -0.39 is 14.6 Å². The second-order valence-corrected chi connectivity index (χ2v) is 9.00. The van der Waals surface area contributed by atoms with Gasteiger partial charge in [-0.2, -0.15) is 5.26 Å². The van der Waals surface area contributed by atoms with E-state index in [1.165, 1.54) is 0 Å². The summed E-state index contributed by atoms with van der Waals surface area (Å²) in [5.41, 5.74) is 2.01. The second kappa shape index (κ2) is 5.89. The van der Waals surface area contributed by atoms with E-state index in [0.29, 0.717) is 11.3 Å². The Morgan fingerprint density at radius 2 is 2.00 bits per heavy atom. The molecular weight excluding hydrogens is 294 g/mol. The minimum absolute atomic E-state index is 0.102. The Labute approximate surface area is 133 Å². The van der Waals surface area contributed by atoms with Gasteiger partial charge in [0.2, 0.25) is 0 Å². The van der Waals surface area contributed by atoms with Crippen LogP contribution >= 0.6 is 0 Å². The smallest absolute Gasteiger partial charge is 0.184 e. The molecule has 0 bridgehead atoms. The fourth-order valence-electron chi connectivity index (χ4n) is 3.62. The third-order valence-electron chi connectivity index (χ3n) is 5.11. The number of rotatable bonds is 4. The highest BCUT2D eigenvalue weighted by Crippen LogP contribution is 2.51. The van der Waals surface area contributed by atoms with Gasteiger partial charge in [0.15, 0.2) is 9.84 Å². The van der Waals surface area contributed by atoms with Crippen molar-refractivity contribution < 1.29 is 8.42 Å². The van der Waals surface area contributed by atoms with Gasteiger partial charge in [-0.1, -0.05) is 29.8 Å². The van der Waals surface area contributed by atoms with Gasteiger partial charge in [-0.15, -0.1) is 0 Å². The van der Waals surface area contributed by atoms with Gasteiger partial charge in [0, 0.05) is 6.42 Å². The van der Waals surface area contributed by atoms with Crippen molar-refractivity contribution >= 4 is 9.84 Å². The molecule has 0 spiro atoms. The third-order valence-corrected chi connectivity index (χ3v) is 7.74. The number of benzene rings is 1. The predicted octanol–water partition coefficient (Wildman–Crippen LogP) is 4.04. The van der Waals surface area contributed by atoms with Crippen LogP contribution in [0, 0.1) is 30.1 Å². The fourth-order valence-corrected chi connectivity index (χ4v) is 5.69. The number of nitrogens with zero attached hydrogens (tertiary/aromatic N) is 1. The quantitative estimate of drug-likeness (QED) is 0.787. The molecule has 0 saturated heterocycles. The van der Waals surface area contributed by atoms with Crippen molar-refractivity contribution in [2.45, 2.75) is 49.7 Å². The summed E-state index contributed by atoms with van der Waals surface area (Å²) < 4.78 is 25.5. The Hall–Kier alpha value is -1.60. The summed E-state index contributed by atoms with van der Waals surface area (Å²) in [6, 6.07) is 9.17. The fraction of sp³-hybridized carbons (Fsp3) is 0.500. The molecule has 3 nitrogen and oxygen atoms in total. The average Bonchev–Trinajstić information content (AvgIpc) is 2.79. The van der Waals surface area contributed by atoms with Gasteiger partial charge in [-0.25, -0.2) is 8.42 Å². The minimum Gasteiger partial charge on any atom is -0.223 e. The van der Waals surface area contributed by atoms with E-state index in [-0.39, 0.29) is 18.3 Å². The Kier molecular flexibility index (Phi) is 4.49. The number of sulfone groups is 1. The van der Waals surface area contributed by atoms with Gasteiger partial charge in [0.25, 0.3) is 0 Å². The lowest BCUT2D eigenvalue weighted by Gasteiger charge is -2.32. The first-order valence-electron chi connectivity index (χ1n) is 7.57. The predicted molar refractivity (Wildman–Crippen MR) is 88.0 cm³/mol. The summed E-state index contributed by atoms with van der Waals surface area (Å²) in [5, 5.41) is 9.16. The standard InChI is InChI=1S/C18H23NO2S/c1-13(2)16-9-11-18(4,17(16)10-12-19)22(20,21)15-7-5-14(3)6-8-15/h5-8,16-17H,1,9-11H2,2-4H3/t16-,17+,18+/m0/s1. The lowest BCUT2D eigenvalue weighted by molar-refractivity contribution is 0.377. The van der Waals surface area contributed by atoms with Crippen molar-refractivity contribution in [2.24, 2.45) is 11.8 Å². The molecule has 0 amide bonds. The van der Waals surface area contributed by atoms with E-state index >= 15 is 0 Å². The molecule has 1 aromatic rings. The van der Waals surface area contributed by atoms with Crippen LogP contribution < -0.4 is 0 Å². The number of aryl methyl sites for hydroxylation is 1. The summed E-state index contributed by atoms with van der Waals surface area (Å²) in [5.74, 6) is -0.0915. The second-order valence-electron chi connectivity index (χ2n) is 6.59. The van der Waals surface area contributed by atoms with Crippen LogP contribution in [0.2, 0.25) is 0 Å². The highest BCUT2D eigenvalue weighted by molar-refractivity contribution is 7.92. The van der Waals surface area contributed by atoms with Crippen molar-refractivity contribution in [3.05, 3.63) is 42.0 Å². The number of hydrogen-bond acceptors (Lipinski definition) is 3. The van der Waals surface area contributed by atoms with Crippen molar-refractivity contribution in [3.8, 4) is 6.07 Å². The van der Waals surface area contributed by atoms with Crippen LogP contribution in [0.15, 0.2) is 41.3 Å². The van der Waals surface area contributed by atoms with Crippen LogP contribution in [0.1, 0.15) is 38.7 Å². The Balaban J connectivity index is 2.50. The molecule has 22 heavy (non-hydrogen) atoms. The van der Waals surface area contributed by atoms with E-state index in [1.54, 1.807) is 19.1 Å². The zero-order chi connectivity index (χ0) is 16.5. The molecule has 0 heterocycles. The third kappa shape index (κ3) is 2.59. The van der Waals surface area contributed by atoms with Gasteiger partial charge >= 0.3 is 0 Å². The van der Waals surface area contributed by atoms with Gasteiger partial charge in [0.1, 0.15) is 0 Å². The highest BCUT2D eigenvalue weighted by atomic mass is 32.2. The molecule has 4 heteroatoms. The maximum absolute atomic E-state index is 13.2. The number of allylic oxidation sites excluding steroid dienone is 1. The Morgan fingerprint density at radius 3 is 2.50 bits per heavy atom. The van der Waals surface area contributed by atoms with Crippen LogP contribution in [-0.4, -0.2) is 13.2 Å². The van der Waals surface area contributed by atoms with Crippen molar-refractivity contribution in [1.82, 2.24) is 0 Å². The zero-order valence-corrected chi connectivity index (χ0v) is 14.3. The van der Waals surface area contributed by atoms with Gasteiger partial charge in [-0.05, 0) is 57.6 Å². The van der Waals surface area contributed by atoms with Crippen LogP contribution in [-0.2, 0) is 9.84 Å². The topological polar surface area (TPSA) is 57.9 Å². The number of hydrogen-bond donors (Lipinski definition) is 0. The van der Waals surface area contributed by atoms with Crippen LogP contribution in [0.4, 0.5) is 0 Å². The van der Waals surface area contributed by atoms with Crippen molar-refractivity contribution in [1.29, 1.82) is 5.26 Å². The molecule has 0 aliphatic heterocycles. The molecule has 0 N–H and O–H groups in total. The molecule has 1 saturated carbocycles. The summed E-state index contributed by atoms with van der Waals surface area (Å²) in [6.45, 7) is 9.66. The first kappa shape index (κ1) is 16.8. The van der Waals surface area contributed by atoms with Gasteiger partial charge < -0.3 is 0 Å². The first-order valence-corrected chi connectivity index (χ1v) is 9.06. The van der Waals surface area contributed by atoms with E-state index in [0.717, 1.165) is 17.6 Å². The average molecular weight is 317 g/mol. The normalized spacial score (nSPS) is 28.3. The summed E-state index contributed by atoms with van der Waals surface area (Å²) in [6.07, 6.45) is 1.61. The van der Waals surface area contributed by atoms with Crippen LogP contribution in [0.3, 0.4) is 0 Å². The molecule has 0 unspecified atom stereocenters. The Bertz CT molecular complexity index is 712. The van der Waals surface area contributed by atoms with Crippen molar-refractivity contribution in [2.75, 3.05) is 0 Å². The summed E-state index contributed by atoms with van der Waals surface area (Å²) in [4.78, 5) is 0.353. The van der Waals surface area contributed by atoms with Crippen LogP contribution in [0.25, 0.3) is 0 Å². The maximum atomic E-state index is 13.2. The lowest BCUT2D eigenvalue weighted by atomic mass is 9.84. The molecule has 1 aliphatic rings. The highest BCUT2D eigenvalue weighted by Gasteiger charge is 2.53. The van der Waals surface area contributed by atoms with Gasteiger partial charge in [-0.3, -0.25) is 0 Å². The zero-order valence-electron chi connectivity index (χ0n) is 13.5. The monoisotopic (exact) mass is 317 g/mol. The largest absolute Gasteiger partial charge is 0.223 e. The SMILES string of the molecule is C=C(C)[C@@H]1CC[C@@](C)(S(=O)(=O)c2ccc(C)cc2)[C@@H]1CC#N. The molecular formula is C18H23NO2S. The minimum atomic E-state index is -3.49. The van der Waals surface area contributed by atoms with E-state index in [9.17, 15) is 8.42 Å². The molecule has 1 fully saturated rings. The maximum Gasteiger partial charge on any atom is 0.184 e. The van der Waals surface area contributed by atoms with Crippen molar-refractivity contribution in [3.63, 3.8) is 0 Å². The molecule has 2 rings (SSSR count). The molecule has 0 aromatic heterocycles. The first-order chi connectivity index (χ1) is 10.2. The molecule has 3 atom stereocenters. The number of nitriles is 1. The summed E-state index contributed by atoms with van der Waals surface area (Å²) >= 11 is 0. The Morgan fingerprint density at radius 1 is 1.41 bits per heavy atom. The van der Waals surface area contributed by atoms with Gasteiger partial charge in [0.05, 0.1) is 15.7 Å². The van der Waals surface area contributed by atoms with E-state index in [1.807, 2.05) is 26.0 Å². The van der Waals surface area contributed by atoms with E-state index in [2.05, 4.69) is 12.6 Å². The molecule has 1 aromatic carbocycles.